The molecule has 1 heterocycles. The highest BCUT2D eigenvalue weighted by atomic mass is 19.1. The fourth-order valence-corrected chi connectivity index (χ4v) is 3.09. The third-order valence-corrected chi connectivity index (χ3v) is 4.36. The first-order valence-corrected chi connectivity index (χ1v) is 8.36. The fraction of sp³-hybridized carbons (Fsp3) is 0.0476. The Labute approximate surface area is 154 Å². The maximum absolute atomic E-state index is 14.3. The van der Waals surface area contributed by atoms with Crippen molar-refractivity contribution >= 4 is 22.6 Å². The van der Waals surface area contributed by atoms with Crippen LogP contribution in [0.15, 0.2) is 60.9 Å². The highest BCUT2D eigenvalue weighted by molar-refractivity contribution is 5.90. The summed E-state index contributed by atoms with van der Waals surface area (Å²) >= 11 is 0. The number of amides is 1. The molecule has 27 heavy (non-hydrogen) atoms. The van der Waals surface area contributed by atoms with E-state index in [1.807, 2.05) is 18.2 Å². The van der Waals surface area contributed by atoms with E-state index in [0.717, 1.165) is 16.6 Å². The van der Waals surface area contributed by atoms with Crippen molar-refractivity contribution in [1.29, 1.82) is 0 Å². The second-order valence-electron chi connectivity index (χ2n) is 6.21. The molecular weight excluding hydrogens is 345 g/mol. The van der Waals surface area contributed by atoms with E-state index in [-0.39, 0.29) is 17.3 Å². The molecule has 5 nitrogen and oxygen atoms in total. The van der Waals surface area contributed by atoms with Gasteiger partial charge in [0.15, 0.2) is 0 Å². The van der Waals surface area contributed by atoms with E-state index in [0.29, 0.717) is 16.7 Å². The molecule has 4 rings (SSSR count). The summed E-state index contributed by atoms with van der Waals surface area (Å²) in [7, 11) is 0. The van der Waals surface area contributed by atoms with Crippen molar-refractivity contribution in [3.05, 3.63) is 66.7 Å². The molecular formula is C21H16FN3O2. The Morgan fingerprint density at radius 1 is 1.07 bits per heavy atom. The molecule has 1 amide bonds. The topological polar surface area (TPSA) is 78.0 Å². The van der Waals surface area contributed by atoms with Crippen LogP contribution in [0.25, 0.3) is 33.3 Å². The molecule has 4 aromatic rings. The SMILES string of the molecule is CC(=O)Nc1ccc(-c2cccc(-c3ccc4nc[nH]c4c3)c2O)cc1F. The number of rotatable bonds is 3. The lowest BCUT2D eigenvalue weighted by Gasteiger charge is -2.12. The van der Waals surface area contributed by atoms with Crippen LogP contribution in [0.3, 0.4) is 0 Å². The van der Waals surface area contributed by atoms with E-state index in [1.165, 1.54) is 19.1 Å². The van der Waals surface area contributed by atoms with E-state index < -0.39 is 5.82 Å². The van der Waals surface area contributed by atoms with Gasteiger partial charge in [0, 0.05) is 18.1 Å². The molecule has 0 spiro atoms. The summed E-state index contributed by atoms with van der Waals surface area (Å²) in [6, 6.07) is 15.4. The largest absolute Gasteiger partial charge is 0.507 e. The molecule has 0 saturated heterocycles. The zero-order valence-corrected chi connectivity index (χ0v) is 14.5. The number of aromatic amines is 1. The van der Waals surface area contributed by atoms with E-state index in [9.17, 15) is 14.3 Å². The number of anilines is 1. The van der Waals surface area contributed by atoms with Gasteiger partial charge in [-0.05, 0) is 35.4 Å². The predicted molar refractivity (Wildman–Crippen MR) is 103 cm³/mol. The number of halogens is 1. The lowest BCUT2D eigenvalue weighted by Crippen LogP contribution is -2.07. The van der Waals surface area contributed by atoms with Gasteiger partial charge in [-0.25, -0.2) is 9.37 Å². The third kappa shape index (κ3) is 3.13. The van der Waals surface area contributed by atoms with Gasteiger partial charge in [-0.1, -0.05) is 30.3 Å². The van der Waals surface area contributed by atoms with Crippen LogP contribution < -0.4 is 5.32 Å². The molecule has 0 atom stereocenters. The minimum atomic E-state index is -0.564. The number of fused-ring (bicyclic) bond motifs is 1. The maximum Gasteiger partial charge on any atom is 0.221 e. The highest BCUT2D eigenvalue weighted by Gasteiger charge is 2.13. The summed E-state index contributed by atoms with van der Waals surface area (Å²) in [4.78, 5) is 18.4. The Balaban J connectivity index is 1.78. The van der Waals surface area contributed by atoms with Gasteiger partial charge < -0.3 is 15.4 Å². The molecule has 0 radical (unpaired) electrons. The number of carbonyl (C=O) groups is 1. The van der Waals surface area contributed by atoms with Crippen molar-refractivity contribution in [3.8, 4) is 28.0 Å². The zero-order chi connectivity index (χ0) is 19.0. The summed E-state index contributed by atoms with van der Waals surface area (Å²) in [6.07, 6.45) is 1.62. The number of aromatic nitrogens is 2. The quantitative estimate of drug-likeness (QED) is 0.495. The number of H-pyrrole nitrogens is 1. The Hall–Kier alpha value is -3.67. The molecule has 0 aliphatic heterocycles. The normalized spacial score (nSPS) is 10.9. The predicted octanol–water partition coefficient (Wildman–Crippen LogP) is 4.70. The van der Waals surface area contributed by atoms with Crippen LogP contribution >= 0.6 is 0 Å². The molecule has 6 heteroatoms. The smallest absolute Gasteiger partial charge is 0.221 e. The molecule has 0 aliphatic rings. The van der Waals surface area contributed by atoms with Crippen molar-refractivity contribution in [2.24, 2.45) is 0 Å². The van der Waals surface area contributed by atoms with Crippen molar-refractivity contribution in [3.63, 3.8) is 0 Å². The van der Waals surface area contributed by atoms with Crippen molar-refractivity contribution in [2.75, 3.05) is 5.32 Å². The van der Waals surface area contributed by atoms with E-state index >= 15 is 0 Å². The summed E-state index contributed by atoms with van der Waals surface area (Å²) in [5.41, 5.74) is 4.28. The standard InChI is InChI=1S/C21H16FN3O2/c1-12(26)25-18-7-5-13(9-17(18)22)15-3-2-4-16(21(15)27)14-6-8-19-20(10-14)24-11-23-19/h2-11,27H,1H3,(H,23,24)(H,25,26). The summed E-state index contributed by atoms with van der Waals surface area (Å²) in [5.74, 6) is -0.852. The number of hydrogen-bond donors (Lipinski definition) is 3. The molecule has 134 valence electrons. The van der Waals surface area contributed by atoms with Crippen LogP contribution in [0.4, 0.5) is 10.1 Å². The third-order valence-electron chi connectivity index (χ3n) is 4.36. The van der Waals surface area contributed by atoms with E-state index in [4.69, 9.17) is 0 Å². The van der Waals surface area contributed by atoms with Gasteiger partial charge in [-0.3, -0.25) is 4.79 Å². The van der Waals surface area contributed by atoms with Gasteiger partial charge in [-0.2, -0.15) is 0 Å². The Morgan fingerprint density at radius 2 is 1.78 bits per heavy atom. The van der Waals surface area contributed by atoms with Gasteiger partial charge in [-0.15, -0.1) is 0 Å². The average Bonchev–Trinajstić information content (AvgIpc) is 3.11. The molecule has 0 unspecified atom stereocenters. The van der Waals surface area contributed by atoms with Crippen LogP contribution in [0.1, 0.15) is 6.92 Å². The number of nitrogens with zero attached hydrogens (tertiary/aromatic N) is 1. The fourth-order valence-electron chi connectivity index (χ4n) is 3.09. The molecule has 3 N–H and O–H groups in total. The van der Waals surface area contributed by atoms with Crippen molar-refractivity contribution in [1.82, 2.24) is 9.97 Å². The molecule has 0 saturated carbocycles. The number of phenols is 1. The minimum absolute atomic E-state index is 0.0584. The molecule has 0 bridgehead atoms. The van der Waals surface area contributed by atoms with Gasteiger partial charge in [0.1, 0.15) is 11.6 Å². The first-order chi connectivity index (χ1) is 13.0. The Morgan fingerprint density at radius 3 is 2.48 bits per heavy atom. The first kappa shape index (κ1) is 16.8. The van der Waals surface area contributed by atoms with Gasteiger partial charge in [0.05, 0.1) is 23.0 Å². The summed E-state index contributed by atoms with van der Waals surface area (Å²) < 4.78 is 14.3. The van der Waals surface area contributed by atoms with E-state index in [1.54, 1.807) is 30.6 Å². The second-order valence-corrected chi connectivity index (χ2v) is 6.21. The van der Waals surface area contributed by atoms with Crippen LogP contribution in [0.5, 0.6) is 5.75 Å². The van der Waals surface area contributed by atoms with Crippen molar-refractivity contribution < 1.29 is 14.3 Å². The van der Waals surface area contributed by atoms with Gasteiger partial charge in [0.25, 0.3) is 0 Å². The minimum Gasteiger partial charge on any atom is -0.507 e. The number of imidazole rings is 1. The number of para-hydroxylation sites is 1. The van der Waals surface area contributed by atoms with Gasteiger partial charge in [0.2, 0.25) is 5.91 Å². The highest BCUT2D eigenvalue weighted by Crippen LogP contribution is 2.39. The van der Waals surface area contributed by atoms with Crippen LogP contribution in [0.2, 0.25) is 0 Å². The molecule has 0 aliphatic carbocycles. The number of aromatic hydroxyl groups is 1. The van der Waals surface area contributed by atoms with Gasteiger partial charge >= 0.3 is 0 Å². The lowest BCUT2D eigenvalue weighted by molar-refractivity contribution is -0.114. The number of hydrogen-bond acceptors (Lipinski definition) is 3. The van der Waals surface area contributed by atoms with Crippen LogP contribution in [-0.2, 0) is 4.79 Å². The molecule has 3 aromatic carbocycles. The number of carbonyl (C=O) groups excluding carboxylic acids is 1. The van der Waals surface area contributed by atoms with Crippen LogP contribution in [0, 0.1) is 5.82 Å². The first-order valence-electron chi connectivity index (χ1n) is 8.36. The Bertz CT molecular complexity index is 1170. The van der Waals surface area contributed by atoms with Crippen LogP contribution in [-0.4, -0.2) is 21.0 Å². The second kappa shape index (κ2) is 6.57. The molecule has 0 fully saturated rings. The average molecular weight is 361 g/mol. The summed E-state index contributed by atoms with van der Waals surface area (Å²) in [5, 5.41) is 13.2. The zero-order valence-electron chi connectivity index (χ0n) is 14.5. The maximum atomic E-state index is 14.3. The number of phenolic OH excluding ortho intramolecular Hbond substituents is 1. The number of nitrogens with one attached hydrogen (secondary N) is 2. The number of benzene rings is 3. The monoisotopic (exact) mass is 361 g/mol. The lowest BCUT2D eigenvalue weighted by atomic mass is 9.97. The van der Waals surface area contributed by atoms with E-state index in [2.05, 4.69) is 15.3 Å². The summed E-state index contributed by atoms with van der Waals surface area (Å²) in [6.45, 7) is 1.32. The van der Waals surface area contributed by atoms with Crippen molar-refractivity contribution in [2.45, 2.75) is 6.92 Å². The Kier molecular flexibility index (Phi) is 4.08. The molecule has 1 aromatic heterocycles.